The van der Waals surface area contributed by atoms with Crippen molar-refractivity contribution < 1.29 is 9.18 Å². The number of hydrogen-bond acceptors (Lipinski definition) is 4. The molecule has 0 aromatic carbocycles. The van der Waals surface area contributed by atoms with Gasteiger partial charge in [-0.3, -0.25) is 4.79 Å². The number of aromatic nitrogens is 1. The van der Waals surface area contributed by atoms with Gasteiger partial charge in [-0.15, -0.1) is 0 Å². The van der Waals surface area contributed by atoms with E-state index in [-0.39, 0.29) is 17.5 Å². The van der Waals surface area contributed by atoms with Crippen LogP contribution in [0.5, 0.6) is 0 Å². The quantitative estimate of drug-likeness (QED) is 0.857. The molecule has 1 atom stereocenters. The summed E-state index contributed by atoms with van der Waals surface area (Å²) in [6, 6.07) is 1.23. The van der Waals surface area contributed by atoms with Crippen LogP contribution in [0.1, 0.15) is 30.1 Å². The number of hydrogen-bond donors (Lipinski definition) is 2. The van der Waals surface area contributed by atoms with E-state index in [0.29, 0.717) is 5.82 Å². The zero-order chi connectivity index (χ0) is 14.5. The van der Waals surface area contributed by atoms with E-state index >= 15 is 0 Å². The number of carbonyl (C=O) groups is 1. The molecule has 0 spiro atoms. The molecule has 0 saturated carbocycles. The van der Waals surface area contributed by atoms with Gasteiger partial charge in [0.25, 0.3) is 5.91 Å². The molecule has 1 aliphatic rings. The van der Waals surface area contributed by atoms with E-state index in [4.69, 9.17) is 0 Å². The molecule has 6 heteroatoms. The number of halogens is 1. The van der Waals surface area contributed by atoms with Crippen LogP contribution in [0.2, 0.25) is 0 Å². The fraction of sp³-hybridized carbons (Fsp3) is 0.571. The van der Waals surface area contributed by atoms with Gasteiger partial charge in [0.1, 0.15) is 11.6 Å². The summed E-state index contributed by atoms with van der Waals surface area (Å²) in [6.07, 6.45) is 3.53. The lowest BCUT2D eigenvalue weighted by Crippen LogP contribution is -2.41. The molecule has 1 aromatic heterocycles. The molecule has 2 rings (SSSR count). The maximum atomic E-state index is 13.2. The third-order valence-electron chi connectivity index (χ3n) is 3.44. The predicted octanol–water partition coefficient (Wildman–Crippen LogP) is 1.48. The maximum absolute atomic E-state index is 13.2. The van der Waals surface area contributed by atoms with Crippen LogP contribution < -0.4 is 10.6 Å². The Balaban J connectivity index is 1.98. The summed E-state index contributed by atoms with van der Waals surface area (Å²) in [4.78, 5) is 18.4. The summed E-state index contributed by atoms with van der Waals surface area (Å²) >= 11 is 0. The van der Waals surface area contributed by atoms with Gasteiger partial charge in [-0.2, -0.15) is 0 Å². The molecule has 1 amide bonds. The first-order chi connectivity index (χ1) is 9.60. The van der Waals surface area contributed by atoms with Gasteiger partial charge in [-0.1, -0.05) is 0 Å². The van der Waals surface area contributed by atoms with Crippen molar-refractivity contribution in [2.45, 2.75) is 25.8 Å². The van der Waals surface area contributed by atoms with E-state index in [0.717, 1.165) is 25.8 Å². The fourth-order valence-corrected chi connectivity index (χ4v) is 2.51. The summed E-state index contributed by atoms with van der Waals surface area (Å²) in [6.45, 7) is 4.96. The second-order valence-corrected chi connectivity index (χ2v) is 5.18. The van der Waals surface area contributed by atoms with Crippen molar-refractivity contribution in [1.29, 1.82) is 0 Å². The van der Waals surface area contributed by atoms with E-state index < -0.39 is 5.82 Å². The number of anilines is 1. The number of nitrogens with zero attached hydrogens (tertiary/aromatic N) is 2. The standard InChI is InChI=1S/C14H21FN4O/c1-10(9-19-5-3-4-6-19)18-14(20)12-7-11(15)8-17-13(12)16-2/h7-8,10H,3-6,9H2,1-2H3,(H,16,17)(H,18,20). The predicted molar refractivity (Wildman–Crippen MR) is 76.3 cm³/mol. The molecule has 2 heterocycles. The Bertz CT molecular complexity index is 474. The van der Waals surface area contributed by atoms with E-state index in [1.165, 1.54) is 18.9 Å². The molecule has 20 heavy (non-hydrogen) atoms. The van der Waals surface area contributed by atoms with Gasteiger partial charge in [0, 0.05) is 19.6 Å². The number of carbonyl (C=O) groups excluding carboxylic acids is 1. The normalized spacial score (nSPS) is 16.9. The average Bonchev–Trinajstić information content (AvgIpc) is 2.91. The molecule has 0 bridgehead atoms. The van der Waals surface area contributed by atoms with Gasteiger partial charge in [-0.25, -0.2) is 9.37 Å². The van der Waals surface area contributed by atoms with Crippen molar-refractivity contribution in [3.8, 4) is 0 Å². The van der Waals surface area contributed by atoms with E-state index in [1.807, 2.05) is 6.92 Å². The molecular formula is C14H21FN4O. The van der Waals surface area contributed by atoms with Crippen molar-refractivity contribution in [2.24, 2.45) is 0 Å². The third kappa shape index (κ3) is 3.66. The van der Waals surface area contributed by atoms with Crippen LogP contribution in [-0.4, -0.2) is 48.5 Å². The van der Waals surface area contributed by atoms with Crippen LogP contribution in [-0.2, 0) is 0 Å². The number of pyridine rings is 1. The lowest BCUT2D eigenvalue weighted by atomic mass is 10.2. The summed E-state index contributed by atoms with van der Waals surface area (Å²) in [5.74, 6) is -0.424. The monoisotopic (exact) mass is 280 g/mol. The van der Waals surface area contributed by atoms with Crippen molar-refractivity contribution in [3.05, 3.63) is 23.6 Å². The summed E-state index contributed by atoms with van der Waals surface area (Å²) in [5.41, 5.74) is 0.237. The third-order valence-corrected chi connectivity index (χ3v) is 3.44. The Morgan fingerprint density at radius 3 is 2.85 bits per heavy atom. The molecule has 0 aliphatic carbocycles. The van der Waals surface area contributed by atoms with Crippen molar-refractivity contribution in [1.82, 2.24) is 15.2 Å². The van der Waals surface area contributed by atoms with Crippen molar-refractivity contribution >= 4 is 11.7 Å². The summed E-state index contributed by atoms with van der Waals surface area (Å²) < 4.78 is 13.2. The molecule has 5 nitrogen and oxygen atoms in total. The van der Waals surface area contributed by atoms with Crippen LogP contribution in [0.4, 0.5) is 10.2 Å². The highest BCUT2D eigenvalue weighted by molar-refractivity contribution is 5.98. The molecule has 1 saturated heterocycles. The second kappa shape index (κ2) is 6.65. The van der Waals surface area contributed by atoms with Gasteiger partial charge < -0.3 is 15.5 Å². The number of nitrogens with one attached hydrogen (secondary N) is 2. The van der Waals surface area contributed by atoms with E-state index in [9.17, 15) is 9.18 Å². The maximum Gasteiger partial charge on any atom is 0.255 e. The van der Waals surface area contributed by atoms with Gasteiger partial charge in [0.15, 0.2) is 0 Å². The largest absolute Gasteiger partial charge is 0.372 e. The Morgan fingerprint density at radius 1 is 1.50 bits per heavy atom. The van der Waals surface area contributed by atoms with Crippen molar-refractivity contribution in [2.75, 3.05) is 32.0 Å². The number of amides is 1. The number of rotatable bonds is 5. The fourth-order valence-electron chi connectivity index (χ4n) is 2.51. The smallest absolute Gasteiger partial charge is 0.255 e. The Hall–Kier alpha value is -1.69. The average molecular weight is 280 g/mol. The highest BCUT2D eigenvalue weighted by Gasteiger charge is 2.18. The topological polar surface area (TPSA) is 57.3 Å². The van der Waals surface area contributed by atoms with Crippen LogP contribution in [0, 0.1) is 5.82 Å². The first kappa shape index (κ1) is 14.7. The molecule has 1 aliphatic heterocycles. The van der Waals surface area contributed by atoms with Crippen LogP contribution >= 0.6 is 0 Å². The molecular weight excluding hydrogens is 259 g/mol. The minimum Gasteiger partial charge on any atom is -0.372 e. The minimum absolute atomic E-state index is 0.0218. The van der Waals surface area contributed by atoms with E-state index in [2.05, 4.69) is 20.5 Å². The van der Waals surface area contributed by atoms with E-state index in [1.54, 1.807) is 7.05 Å². The molecule has 1 fully saturated rings. The van der Waals surface area contributed by atoms with Crippen molar-refractivity contribution in [3.63, 3.8) is 0 Å². The first-order valence-corrected chi connectivity index (χ1v) is 6.96. The van der Waals surface area contributed by atoms with Gasteiger partial charge >= 0.3 is 0 Å². The highest BCUT2D eigenvalue weighted by atomic mass is 19.1. The molecule has 2 N–H and O–H groups in total. The van der Waals surface area contributed by atoms with Gasteiger partial charge in [0.2, 0.25) is 0 Å². The SMILES string of the molecule is CNc1ncc(F)cc1C(=O)NC(C)CN1CCCC1. The molecule has 110 valence electrons. The highest BCUT2D eigenvalue weighted by Crippen LogP contribution is 2.13. The molecule has 1 unspecified atom stereocenters. The van der Waals surface area contributed by atoms with Gasteiger partial charge in [-0.05, 0) is 38.9 Å². The van der Waals surface area contributed by atoms with Crippen LogP contribution in [0.15, 0.2) is 12.3 Å². The summed E-state index contributed by atoms with van der Waals surface area (Å²) in [7, 11) is 1.66. The lowest BCUT2D eigenvalue weighted by molar-refractivity contribution is 0.0932. The zero-order valence-corrected chi connectivity index (χ0v) is 11.9. The molecule has 0 radical (unpaired) electrons. The Labute approximate surface area is 118 Å². The molecule has 1 aromatic rings. The second-order valence-electron chi connectivity index (χ2n) is 5.18. The van der Waals surface area contributed by atoms with Crippen LogP contribution in [0.25, 0.3) is 0 Å². The lowest BCUT2D eigenvalue weighted by Gasteiger charge is -2.21. The van der Waals surface area contributed by atoms with Crippen LogP contribution in [0.3, 0.4) is 0 Å². The number of likely N-dealkylation sites (tertiary alicyclic amines) is 1. The Kier molecular flexibility index (Phi) is 4.89. The minimum atomic E-state index is -0.513. The van der Waals surface area contributed by atoms with Gasteiger partial charge in [0.05, 0.1) is 11.8 Å². The Morgan fingerprint density at radius 2 is 2.20 bits per heavy atom. The first-order valence-electron chi connectivity index (χ1n) is 6.96. The zero-order valence-electron chi connectivity index (χ0n) is 11.9. The summed E-state index contributed by atoms with van der Waals surface area (Å²) in [5, 5.41) is 5.70.